The van der Waals surface area contributed by atoms with Crippen LogP contribution in [0.2, 0.25) is 0 Å². The number of aliphatic hydroxyl groups excluding tert-OH is 1. The fraction of sp³-hybridized carbons (Fsp3) is 0.300. The topological polar surface area (TPSA) is 75.6 Å². The molecule has 1 amide bonds. The molecule has 0 saturated heterocycles. The second-order valence-corrected chi connectivity index (χ2v) is 5.80. The number of ether oxygens (including phenoxy) is 1. The highest BCUT2D eigenvalue weighted by atomic mass is 16.5. The van der Waals surface area contributed by atoms with Gasteiger partial charge >= 0.3 is 0 Å². The summed E-state index contributed by atoms with van der Waals surface area (Å²) >= 11 is 0. The fourth-order valence-electron chi connectivity index (χ4n) is 2.38. The van der Waals surface area contributed by atoms with Crippen molar-refractivity contribution < 1.29 is 19.4 Å². The lowest BCUT2D eigenvalue weighted by Gasteiger charge is -2.14. The van der Waals surface area contributed by atoms with Crippen LogP contribution in [0.4, 0.5) is 0 Å². The van der Waals surface area contributed by atoms with E-state index in [0.29, 0.717) is 13.0 Å². The average molecular weight is 341 g/mol. The van der Waals surface area contributed by atoms with Gasteiger partial charge in [0.1, 0.15) is 6.61 Å². The first-order chi connectivity index (χ1) is 12.2. The molecule has 5 heteroatoms. The van der Waals surface area contributed by atoms with Crippen molar-refractivity contribution in [2.75, 3.05) is 19.8 Å². The molecule has 0 aliphatic carbocycles. The van der Waals surface area contributed by atoms with Crippen LogP contribution >= 0.6 is 0 Å². The van der Waals surface area contributed by atoms with E-state index in [-0.39, 0.29) is 31.4 Å². The quantitative estimate of drug-likeness (QED) is 0.690. The lowest BCUT2D eigenvalue weighted by Crippen LogP contribution is -2.38. The molecule has 0 aliphatic rings. The summed E-state index contributed by atoms with van der Waals surface area (Å²) in [4.78, 5) is 23.9. The normalized spacial score (nSPS) is 11.7. The average Bonchev–Trinajstić information content (AvgIpc) is 2.66. The van der Waals surface area contributed by atoms with Gasteiger partial charge in [0.05, 0.1) is 25.7 Å². The largest absolute Gasteiger partial charge is 0.396 e. The minimum atomic E-state index is -0.569. The van der Waals surface area contributed by atoms with Gasteiger partial charge in [-0.15, -0.1) is 0 Å². The number of hydrogen-bond donors (Lipinski definition) is 2. The maximum atomic E-state index is 12.1. The van der Waals surface area contributed by atoms with Crippen molar-refractivity contribution in [2.24, 2.45) is 5.92 Å². The van der Waals surface area contributed by atoms with Gasteiger partial charge in [-0.2, -0.15) is 0 Å². The summed E-state index contributed by atoms with van der Waals surface area (Å²) in [6.07, 6.45) is 0.432. The Labute approximate surface area is 147 Å². The number of aliphatic hydroxyl groups is 1. The number of hydrogen-bond acceptors (Lipinski definition) is 4. The van der Waals surface area contributed by atoms with Gasteiger partial charge in [0, 0.05) is 0 Å². The molecule has 2 aromatic carbocycles. The van der Waals surface area contributed by atoms with Crippen molar-refractivity contribution in [3.63, 3.8) is 0 Å². The van der Waals surface area contributed by atoms with Crippen LogP contribution in [-0.4, -0.2) is 36.6 Å². The molecule has 0 aliphatic heterocycles. The van der Waals surface area contributed by atoms with E-state index in [0.717, 1.165) is 11.1 Å². The minimum absolute atomic E-state index is 0.0579. The smallest absolute Gasteiger partial charge is 0.226 e. The van der Waals surface area contributed by atoms with E-state index in [1.807, 2.05) is 60.7 Å². The van der Waals surface area contributed by atoms with Gasteiger partial charge in [0.2, 0.25) is 5.91 Å². The Hall–Kier alpha value is -2.50. The lowest BCUT2D eigenvalue weighted by atomic mass is 9.99. The van der Waals surface area contributed by atoms with E-state index >= 15 is 0 Å². The van der Waals surface area contributed by atoms with Crippen LogP contribution in [-0.2, 0) is 27.4 Å². The fourth-order valence-corrected chi connectivity index (χ4v) is 2.38. The predicted octanol–water partition coefficient (Wildman–Crippen LogP) is 1.74. The van der Waals surface area contributed by atoms with Gasteiger partial charge in [0.15, 0.2) is 5.78 Å². The zero-order valence-electron chi connectivity index (χ0n) is 14.1. The highest BCUT2D eigenvalue weighted by molar-refractivity contribution is 5.87. The van der Waals surface area contributed by atoms with Crippen LogP contribution in [0, 0.1) is 5.92 Å². The second kappa shape index (κ2) is 10.4. The minimum Gasteiger partial charge on any atom is -0.396 e. The first-order valence-corrected chi connectivity index (χ1v) is 8.25. The molecule has 2 rings (SSSR count). The summed E-state index contributed by atoms with van der Waals surface area (Å²) in [5.41, 5.74) is 1.96. The van der Waals surface area contributed by atoms with Crippen molar-refractivity contribution in [1.82, 2.24) is 5.32 Å². The molecule has 0 spiro atoms. The molecule has 0 aromatic heterocycles. The molecular formula is C20H23NO4. The summed E-state index contributed by atoms with van der Waals surface area (Å²) in [5, 5.41) is 12.0. The Bertz CT molecular complexity index is 658. The van der Waals surface area contributed by atoms with Crippen LogP contribution in [0.25, 0.3) is 0 Å². The second-order valence-electron chi connectivity index (χ2n) is 5.80. The van der Waals surface area contributed by atoms with Crippen molar-refractivity contribution >= 4 is 11.7 Å². The van der Waals surface area contributed by atoms with Gasteiger partial charge in [-0.05, 0) is 17.5 Å². The van der Waals surface area contributed by atoms with Crippen molar-refractivity contribution in [1.29, 1.82) is 0 Å². The van der Waals surface area contributed by atoms with Crippen LogP contribution in [0.5, 0.6) is 0 Å². The van der Waals surface area contributed by atoms with Crippen molar-refractivity contribution in [3.8, 4) is 0 Å². The van der Waals surface area contributed by atoms with E-state index in [1.165, 1.54) is 0 Å². The predicted molar refractivity (Wildman–Crippen MR) is 94.8 cm³/mol. The van der Waals surface area contributed by atoms with Gasteiger partial charge in [-0.1, -0.05) is 60.7 Å². The molecule has 0 heterocycles. The molecule has 2 aromatic rings. The van der Waals surface area contributed by atoms with Crippen LogP contribution in [0.1, 0.15) is 11.1 Å². The van der Waals surface area contributed by atoms with E-state index in [1.54, 1.807) is 0 Å². The Morgan fingerprint density at radius 2 is 1.56 bits per heavy atom. The van der Waals surface area contributed by atoms with Crippen LogP contribution in [0.3, 0.4) is 0 Å². The number of carbonyl (C=O) groups excluding carboxylic acids is 2. The highest BCUT2D eigenvalue weighted by Crippen LogP contribution is 2.08. The summed E-state index contributed by atoms with van der Waals surface area (Å²) in [5.74, 6) is -1.11. The third kappa shape index (κ3) is 6.87. The van der Waals surface area contributed by atoms with Crippen molar-refractivity contribution in [3.05, 3.63) is 71.8 Å². The monoisotopic (exact) mass is 341 g/mol. The molecule has 5 nitrogen and oxygen atoms in total. The Morgan fingerprint density at radius 3 is 2.16 bits per heavy atom. The molecule has 2 N–H and O–H groups in total. The zero-order valence-corrected chi connectivity index (χ0v) is 14.1. The molecule has 0 bridgehead atoms. The molecule has 25 heavy (non-hydrogen) atoms. The molecule has 0 radical (unpaired) electrons. The van der Waals surface area contributed by atoms with E-state index < -0.39 is 5.92 Å². The maximum Gasteiger partial charge on any atom is 0.226 e. The number of rotatable bonds is 10. The number of carbonyl (C=O) groups is 2. The first-order valence-electron chi connectivity index (χ1n) is 8.25. The first kappa shape index (κ1) is 18.8. The lowest BCUT2D eigenvalue weighted by molar-refractivity contribution is -0.130. The number of nitrogens with one attached hydrogen (secondary N) is 1. The van der Waals surface area contributed by atoms with Crippen LogP contribution < -0.4 is 5.32 Å². The van der Waals surface area contributed by atoms with Gasteiger partial charge in [-0.3, -0.25) is 9.59 Å². The summed E-state index contributed by atoms with van der Waals surface area (Å²) in [7, 11) is 0. The molecule has 0 saturated carbocycles. The summed E-state index contributed by atoms with van der Waals surface area (Å²) < 4.78 is 5.35. The number of Topliss-reactive ketones (excluding diaryl/α,β-unsaturated/α-hetero) is 1. The summed E-state index contributed by atoms with van der Waals surface area (Å²) in [6, 6.07) is 19.0. The van der Waals surface area contributed by atoms with Gasteiger partial charge in [-0.25, -0.2) is 0 Å². The zero-order chi connectivity index (χ0) is 17.9. The van der Waals surface area contributed by atoms with Gasteiger partial charge in [0.25, 0.3) is 0 Å². The van der Waals surface area contributed by atoms with Crippen molar-refractivity contribution in [2.45, 2.75) is 13.0 Å². The third-order valence-corrected chi connectivity index (χ3v) is 3.75. The van der Waals surface area contributed by atoms with E-state index in [2.05, 4.69) is 5.32 Å². The van der Waals surface area contributed by atoms with Crippen LogP contribution in [0.15, 0.2) is 60.7 Å². The van der Waals surface area contributed by atoms with E-state index in [4.69, 9.17) is 4.74 Å². The standard InChI is InChI=1S/C20H23NO4/c22-13-18(11-16-7-3-1-4-8-16)20(24)21-12-19(23)15-25-14-17-9-5-2-6-10-17/h1-10,18,22H,11-15H2,(H,21,24). The number of amides is 1. The molecule has 1 unspecified atom stereocenters. The Balaban J connectivity index is 1.69. The third-order valence-electron chi connectivity index (χ3n) is 3.75. The Kier molecular flexibility index (Phi) is 7.82. The van der Waals surface area contributed by atoms with E-state index in [9.17, 15) is 14.7 Å². The molecule has 0 fully saturated rings. The summed E-state index contributed by atoms with van der Waals surface area (Å²) in [6.45, 7) is -0.0657. The molecule has 1 atom stereocenters. The maximum absolute atomic E-state index is 12.1. The molecule has 132 valence electrons. The highest BCUT2D eigenvalue weighted by Gasteiger charge is 2.18. The SMILES string of the molecule is O=C(CNC(=O)C(CO)Cc1ccccc1)COCc1ccccc1. The van der Waals surface area contributed by atoms with Gasteiger partial charge < -0.3 is 15.2 Å². The Morgan fingerprint density at radius 1 is 0.960 bits per heavy atom. The molecular weight excluding hydrogens is 318 g/mol. The number of ketones is 1. The number of benzene rings is 2.